The second kappa shape index (κ2) is 26.1. The van der Waals surface area contributed by atoms with Crippen LogP contribution in [0.5, 0.6) is 0 Å². The highest BCUT2D eigenvalue weighted by Crippen LogP contribution is 2.70. The molecule has 0 bridgehead atoms. The molecule has 3 heterocycles. The van der Waals surface area contributed by atoms with Crippen LogP contribution >= 0.6 is 0 Å². The van der Waals surface area contributed by atoms with E-state index in [1.807, 2.05) is 0 Å². The van der Waals surface area contributed by atoms with E-state index in [1.54, 1.807) is 212 Å². The molecule has 0 spiro atoms. The van der Waals surface area contributed by atoms with E-state index in [4.69, 9.17) is 0 Å². The van der Waals surface area contributed by atoms with Crippen molar-refractivity contribution in [3.05, 3.63) is 0 Å². The second-order valence-electron chi connectivity index (χ2n) is 43.0. The summed E-state index contributed by atoms with van der Waals surface area (Å²) in [7, 11) is 0. The third-order valence-electron chi connectivity index (χ3n) is 36.6. The van der Waals surface area contributed by atoms with Crippen LogP contribution in [0.25, 0.3) is 0 Å². The Morgan fingerprint density at radius 1 is 0.228 bits per heavy atom. The van der Waals surface area contributed by atoms with Gasteiger partial charge < -0.3 is 0 Å². The minimum absolute atomic E-state index is 0.446. The molecule has 518 valence electrons. The average Bonchev–Trinajstić information content (AvgIpc) is 0.839. The van der Waals surface area contributed by atoms with Crippen molar-refractivity contribution < 1.29 is 0 Å². The fourth-order valence-electron chi connectivity index (χ4n) is 32.6. The van der Waals surface area contributed by atoms with Gasteiger partial charge in [0, 0.05) is 54.4 Å². The van der Waals surface area contributed by atoms with Gasteiger partial charge in [0.1, 0.15) is 0 Å². The monoisotopic (exact) mass is 1260 g/mol. The zero-order chi connectivity index (χ0) is 62.5. The van der Waals surface area contributed by atoms with Crippen molar-refractivity contribution in [1.29, 1.82) is 0 Å². The maximum Gasteiger partial charge on any atom is 0.156 e. The molecule has 23 atom stereocenters. The topological polar surface area (TPSA) is 9.72 Å². The number of nitrogens with zero attached hydrogens (tertiary/aromatic N) is 3. The lowest BCUT2D eigenvalue weighted by molar-refractivity contribution is -0.153. The first-order chi connectivity index (χ1) is 44.5. The van der Waals surface area contributed by atoms with Gasteiger partial charge in [-0.1, -0.05) is 165 Å². The predicted molar refractivity (Wildman–Crippen MR) is 389 cm³/mol. The van der Waals surface area contributed by atoms with Gasteiger partial charge in [0.05, 0.1) is 0 Å². The second-order valence-corrected chi connectivity index (χ2v) is 43.0. The Balaban J connectivity index is 0.767. The Bertz CT molecular complexity index is 2420. The lowest BCUT2D eigenvalue weighted by atomic mass is 9.18. The molecule has 0 N–H and O–H groups in total. The molecule has 0 aromatic heterocycles. The highest BCUT2D eigenvalue weighted by atomic mass is 15.3. The SMILES string of the molecule is CC(C)(C)C1CCC(C2CC3C4B(C5CC(C6CC7CC(C(C)(C)C)CC8CCC9CC(C(C)(C)C)CC6C9C87)CCC5N3C3CCC(C5CCCCC5)CC3)C3CCC(N5C6CCCCC6C6CCCCC65)CC3N(C3CCC(C5CCCCC5)CC3)C4C2)CC1. The molecule has 14 aliphatic carbocycles. The number of likely N-dealkylation sites (tertiary alicyclic amines) is 1. The summed E-state index contributed by atoms with van der Waals surface area (Å²) in [4.78, 5) is 11.0. The number of fused-ring (bicyclic) bond motifs is 7. The summed E-state index contributed by atoms with van der Waals surface area (Å²) in [6.07, 6.45) is 70.7. The third-order valence-corrected chi connectivity index (χ3v) is 36.6. The van der Waals surface area contributed by atoms with Crippen molar-refractivity contribution in [2.45, 2.75) is 423 Å². The van der Waals surface area contributed by atoms with Crippen LogP contribution < -0.4 is 0 Å². The van der Waals surface area contributed by atoms with Crippen molar-refractivity contribution in [3.63, 3.8) is 0 Å². The molecule has 4 heteroatoms. The van der Waals surface area contributed by atoms with Gasteiger partial charge in [0.2, 0.25) is 0 Å². The van der Waals surface area contributed by atoms with E-state index in [-0.39, 0.29) is 0 Å². The van der Waals surface area contributed by atoms with Gasteiger partial charge in [-0.15, -0.1) is 0 Å². The normalized spacial score (nSPS) is 51.0. The number of hydrogen-bond acceptors (Lipinski definition) is 3. The van der Waals surface area contributed by atoms with E-state index in [9.17, 15) is 0 Å². The summed E-state index contributed by atoms with van der Waals surface area (Å²) in [5.74, 6) is 22.1. The molecule has 17 aliphatic rings. The lowest BCUT2D eigenvalue weighted by Crippen LogP contribution is -2.75. The molecule has 0 radical (unpaired) electrons. The molecule has 3 aliphatic heterocycles. The summed E-state index contributed by atoms with van der Waals surface area (Å²) in [6.45, 7) is 24.9. The lowest BCUT2D eigenvalue weighted by Gasteiger charge is -2.71. The van der Waals surface area contributed by atoms with E-state index in [0.29, 0.717) is 16.2 Å². The van der Waals surface area contributed by atoms with E-state index in [2.05, 4.69) is 77.0 Å². The van der Waals surface area contributed by atoms with Crippen molar-refractivity contribution in [2.24, 2.45) is 129 Å². The van der Waals surface area contributed by atoms with E-state index in [0.717, 1.165) is 191 Å². The Morgan fingerprint density at radius 3 is 1.23 bits per heavy atom. The first-order valence-electron chi connectivity index (χ1n) is 43.8. The molecular formula is C88H148BN3. The number of hydrogen-bond donors (Lipinski definition) is 0. The van der Waals surface area contributed by atoms with Crippen LogP contribution in [-0.4, -0.2) is 75.8 Å². The standard InChI is InChI=1S/C88H148BN3/c1-86(2,3)65-37-30-59(31-38-65)63-51-81-85-82(52-63)91(69-41-34-58(35-42-69)56-22-14-11-15-23-56)80-54-70(92-77-26-18-16-24-71(77)72-25-17-19-27-78(72)92)43-44-75(80)89(85)76-50-60(36-45-79(76)90(81)68-39-32-57(33-40-68)55-20-12-10-13-21-55)73-49-64-48-66(87(4,5)6)46-61-28-29-62-47-67(88(7,8)9)53-74(73)84(62)83(61)64/h55-85H,10-54H2,1-9H3. The first kappa shape index (κ1) is 65.3. The summed E-state index contributed by atoms with van der Waals surface area (Å²) in [5, 5.41) is 0. The van der Waals surface area contributed by atoms with Crippen LogP contribution in [-0.2, 0) is 0 Å². The molecule has 17 fully saturated rings. The van der Waals surface area contributed by atoms with Gasteiger partial charge in [-0.3, -0.25) is 14.7 Å². The van der Waals surface area contributed by atoms with Crippen molar-refractivity contribution in [1.82, 2.24) is 14.7 Å². The van der Waals surface area contributed by atoms with Crippen molar-refractivity contribution >= 4 is 6.71 Å². The molecular weight excluding hydrogens is 1110 g/mol. The van der Waals surface area contributed by atoms with E-state index in [1.165, 1.54) is 77.0 Å². The minimum Gasteiger partial charge on any atom is -0.295 e. The van der Waals surface area contributed by atoms with Gasteiger partial charge in [-0.25, -0.2) is 0 Å². The highest BCUT2D eigenvalue weighted by Gasteiger charge is 2.68. The molecule has 17 rings (SSSR count). The fourth-order valence-corrected chi connectivity index (χ4v) is 32.6. The zero-order valence-electron chi connectivity index (χ0n) is 62.1. The molecule has 0 aromatic rings. The van der Waals surface area contributed by atoms with E-state index < -0.39 is 0 Å². The summed E-state index contributed by atoms with van der Waals surface area (Å²) in [5.41, 5.74) is 1.37. The molecule has 3 nitrogen and oxygen atoms in total. The van der Waals surface area contributed by atoms with Gasteiger partial charge in [0.25, 0.3) is 0 Å². The highest BCUT2D eigenvalue weighted by molar-refractivity contribution is 6.65. The zero-order valence-corrected chi connectivity index (χ0v) is 62.1. The van der Waals surface area contributed by atoms with Gasteiger partial charge in [0.15, 0.2) is 6.71 Å². The maximum absolute atomic E-state index is 3.75. The van der Waals surface area contributed by atoms with Crippen molar-refractivity contribution in [2.75, 3.05) is 0 Å². The molecule has 3 saturated heterocycles. The van der Waals surface area contributed by atoms with Gasteiger partial charge >= 0.3 is 0 Å². The molecule has 92 heavy (non-hydrogen) atoms. The fraction of sp³-hybridized carbons (Fsp3) is 1.00. The largest absolute Gasteiger partial charge is 0.295 e. The van der Waals surface area contributed by atoms with Crippen LogP contribution in [0.3, 0.4) is 0 Å². The molecule has 23 unspecified atom stereocenters. The maximum atomic E-state index is 3.75. The summed E-state index contributed by atoms with van der Waals surface area (Å²) < 4.78 is 0. The van der Waals surface area contributed by atoms with Crippen LogP contribution in [0.2, 0.25) is 17.5 Å². The quantitative estimate of drug-likeness (QED) is 0.235. The predicted octanol–water partition coefficient (Wildman–Crippen LogP) is 23.4. The Morgan fingerprint density at radius 2 is 0.663 bits per heavy atom. The van der Waals surface area contributed by atoms with Crippen LogP contribution in [0.15, 0.2) is 0 Å². The van der Waals surface area contributed by atoms with Crippen molar-refractivity contribution in [3.8, 4) is 0 Å². The first-order valence-corrected chi connectivity index (χ1v) is 43.8. The summed E-state index contributed by atoms with van der Waals surface area (Å²) >= 11 is 0. The average molecular weight is 1260 g/mol. The Kier molecular flexibility index (Phi) is 18.5. The van der Waals surface area contributed by atoms with Crippen LogP contribution in [0.4, 0.5) is 0 Å². The Labute approximate surface area is 569 Å². The van der Waals surface area contributed by atoms with Gasteiger partial charge in [-0.05, 0) is 332 Å². The van der Waals surface area contributed by atoms with Crippen LogP contribution in [0.1, 0.15) is 351 Å². The Hall–Kier alpha value is -0.0551. The smallest absolute Gasteiger partial charge is 0.156 e. The number of rotatable bonds is 7. The molecule has 0 aromatic carbocycles. The van der Waals surface area contributed by atoms with Crippen LogP contribution in [0, 0.1) is 129 Å². The van der Waals surface area contributed by atoms with Gasteiger partial charge in [-0.2, -0.15) is 0 Å². The third kappa shape index (κ3) is 11.9. The van der Waals surface area contributed by atoms with E-state index >= 15 is 0 Å². The molecule has 0 amide bonds. The molecule has 14 saturated carbocycles. The minimum atomic E-state index is 0.446. The summed E-state index contributed by atoms with van der Waals surface area (Å²) in [6, 6.07) is 7.89.